The average molecular weight is 358 g/mol. The fourth-order valence-corrected chi connectivity index (χ4v) is 3.01. The number of pyridine rings is 1. The zero-order valence-corrected chi connectivity index (χ0v) is 14.1. The van der Waals surface area contributed by atoms with Crippen LogP contribution in [-0.4, -0.2) is 19.7 Å². The van der Waals surface area contributed by atoms with Gasteiger partial charge in [-0.1, -0.05) is 18.2 Å². The summed E-state index contributed by atoms with van der Waals surface area (Å²) in [5, 5.41) is 16.2. The molecule has 7 heteroatoms. The maximum atomic E-state index is 11.2. The maximum Gasteiger partial charge on any atom is 0.270 e. The molecular weight excluding hydrogens is 344 g/mol. The number of hydrogen-bond donors (Lipinski definition) is 0. The summed E-state index contributed by atoms with van der Waals surface area (Å²) in [5.41, 5.74) is 3.15. The second-order valence-electron chi connectivity index (χ2n) is 6.09. The van der Waals surface area contributed by atoms with Gasteiger partial charge in [-0.2, -0.15) is 5.10 Å². The van der Waals surface area contributed by atoms with E-state index in [9.17, 15) is 14.9 Å². The smallest absolute Gasteiger partial charge is 0.270 e. The molecule has 7 nitrogen and oxygen atoms in total. The van der Waals surface area contributed by atoms with E-state index in [0.29, 0.717) is 6.54 Å². The molecule has 132 valence electrons. The van der Waals surface area contributed by atoms with Gasteiger partial charge >= 0.3 is 0 Å². The summed E-state index contributed by atoms with van der Waals surface area (Å²) in [6.45, 7) is 0.465. The summed E-state index contributed by atoms with van der Waals surface area (Å²) in [7, 11) is 0. The van der Waals surface area contributed by atoms with E-state index in [1.165, 1.54) is 18.3 Å². The first kappa shape index (κ1) is 16.6. The van der Waals surface area contributed by atoms with Gasteiger partial charge in [0.1, 0.15) is 0 Å². The van der Waals surface area contributed by atoms with Crippen molar-refractivity contribution in [3.05, 3.63) is 99.1 Å². The molecule has 2 heterocycles. The van der Waals surface area contributed by atoms with Crippen molar-refractivity contribution in [3.63, 3.8) is 0 Å². The van der Waals surface area contributed by atoms with E-state index in [0.717, 1.165) is 27.6 Å². The molecule has 0 saturated carbocycles. The van der Waals surface area contributed by atoms with E-state index in [-0.39, 0.29) is 11.1 Å². The molecule has 0 N–H and O–H groups in total. The van der Waals surface area contributed by atoms with E-state index in [1.807, 2.05) is 30.3 Å². The molecule has 0 aliphatic rings. The van der Waals surface area contributed by atoms with Gasteiger partial charge in [-0.25, -0.2) is 0 Å². The molecule has 0 aliphatic heterocycles. The van der Waals surface area contributed by atoms with Gasteiger partial charge in [0, 0.05) is 41.5 Å². The van der Waals surface area contributed by atoms with Crippen LogP contribution in [0.3, 0.4) is 0 Å². The van der Waals surface area contributed by atoms with Crippen LogP contribution >= 0.6 is 0 Å². The standard InChI is InChI=1S/C20H14N4O3/c25-18-6-8-23(22-12-18)13-14-9-16-4-2-7-21-20(16)19(10-14)15-3-1-5-17(11-15)24(26)27/h1-12H,13H2. The lowest BCUT2D eigenvalue weighted by atomic mass is 9.98. The molecule has 0 aliphatic carbocycles. The summed E-state index contributed by atoms with van der Waals surface area (Å²) >= 11 is 0. The van der Waals surface area contributed by atoms with Gasteiger partial charge in [0.15, 0.2) is 5.43 Å². The second kappa shape index (κ2) is 6.80. The van der Waals surface area contributed by atoms with E-state index in [2.05, 4.69) is 10.1 Å². The third-order valence-corrected chi connectivity index (χ3v) is 4.22. The van der Waals surface area contributed by atoms with Crippen LogP contribution in [0.2, 0.25) is 0 Å². The molecule has 4 rings (SSSR count). The zero-order valence-electron chi connectivity index (χ0n) is 14.1. The van der Waals surface area contributed by atoms with E-state index in [4.69, 9.17) is 0 Å². The zero-order chi connectivity index (χ0) is 18.8. The van der Waals surface area contributed by atoms with Crippen LogP contribution in [0.25, 0.3) is 22.0 Å². The van der Waals surface area contributed by atoms with Gasteiger partial charge in [-0.05, 0) is 29.3 Å². The third kappa shape index (κ3) is 3.43. The number of hydrogen-bond acceptors (Lipinski definition) is 5. The van der Waals surface area contributed by atoms with Gasteiger partial charge < -0.3 is 0 Å². The Morgan fingerprint density at radius 2 is 1.96 bits per heavy atom. The second-order valence-corrected chi connectivity index (χ2v) is 6.09. The lowest BCUT2D eigenvalue weighted by Gasteiger charge is -2.11. The van der Waals surface area contributed by atoms with Crippen LogP contribution in [0.15, 0.2) is 78.0 Å². The first-order valence-electron chi connectivity index (χ1n) is 8.25. The minimum absolute atomic E-state index is 0.0315. The van der Waals surface area contributed by atoms with Crippen molar-refractivity contribution < 1.29 is 4.92 Å². The minimum atomic E-state index is -0.410. The number of nitro groups is 1. The van der Waals surface area contributed by atoms with Crippen LogP contribution in [0, 0.1) is 10.1 Å². The first-order chi connectivity index (χ1) is 13.1. The Labute approximate surface area is 153 Å². The van der Waals surface area contributed by atoms with Crippen molar-refractivity contribution in [2.75, 3.05) is 0 Å². The number of fused-ring (bicyclic) bond motifs is 1. The number of benzene rings is 2. The SMILES string of the molecule is O=c1ccn(Cc2cc(-c3cccc([N+](=O)[O-])c3)c3ncccc3c2)nc1. The van der Waals surface area contributed by atoms with Crippen molar-refractivity contribution in [1.82, 2.24) is 14.8 Å². The highest BCUT2D eigenvalue weighted by molar-refractivity contribution is 5.94. The van der Waals surface area contributed by atoms with Crippen molar-refractivity contribution in [2.45, 2.75) is 6.54 Å². The van der Waals surface area contributed by atoms with Crippen LogP contribution in [0.5, 0.6) is 0 Å². The highest BCUT2D eigenvalue weighted by Crippen LogP contribution is 2.31. The van der Waals surface area contributed by atoms with Gasteiger partial charge in [0.2, 0.25) is 0 Å². The van der Waals surface area contributed by atoms with Crippen LogP contribution in [0.1, 0.15) is 5.56 Å². The summed E-state index contributed by atoms with van der Waals surface area (Å²) in [5.74, 6) is 0. The van der Waals surface area contributed by atoms with Crippen LogP contribution in [0.4, 0.5) is 5.69 Å². The number of rotatable bonds is 4. The van der Waals surface area contributed by atoms with Crippen LogP contribution in [-0.2, 0) is 6.54 Å². The Kier molecular flexibility index (Phi) is 4.18. The highest BCUT2D eigenvalue weighted by Gasteiger charge is 2.12. The van der Waals surface area contributed by atoms with Crippen molar-refractivity contribution in [2.24, 2.45) is 0 Å². The number of nitrogens with zero attached hydrogens (tertiary/aromatic N) is 4. The van der Waals surface area contributed by atoms with E-state index < -0.39 is 4.92 Å². The molecular formula is C20H14N4O3. The van der Waals surface area contributed by atoms with E-state index in [1.54, 1.807) is 29.2 Å². The summed E-state index contributed by atoms with van der Waals surface area (Å²) in [4.78, 5) is 26.4. The first-order valence-corrected chi connectivity index (χ1v) is 8.25. The predicted octanol–water partition coefficient (Wildman–Crippen LogP) is 3.42. The third-order valence-electron chi connectivity index (χ3n) is 4.22. The number of aromatic nitrogens is 3. The Balaban J connectivity index is 1.86. The molecule has 0 saturated heterocycles. The Morgan fingerprint density at radius 3 is 2.74 bits per heavy atom. The molecule has 0 fully saturated rings. The molecule has 0 bridgehead atoms. The Hall–Kier alpha value is -3.87. The molecule has 0 spiro atoms. The van der Waals surface area contributed by atoms with Gasteiger partial charge in [0.05, 0.1) is 23.2 Å². The topological polar surface area (TPSA) is 90.9 Å². The lowest BCUT2D eigenvalue weighted by molar-refractivity contribution is -0.384. The molecule has 2 aromatic heterocycles. The van der Waals surface area contributed by atoms with Gasteiger partial charge in [0.25, 0.3) is 5.69 Å². The fraction of sp³-hybridized carbons (Fsp3) is 0.0500. The molecule has 0 unspecified atom stereocenters. The normalized spacial score (nSPS) is 10.8. The van der Waals surface area contributed by atoms with Gasteiger partial charge in [-0.3, -0.25) is 24.6 Å². The van der Waals surface area contributed by atoms with E-state index >= 15 is 0 Å². The molecule has 0 radical (unpaired) electrons. The van der Waals surface area contributed by atoms with Crippen molar-refractivity contribution in [1.29, 1.82) is 0 Å². The number of nitro benzene ring substituents is 1. The molecule has 2 aromatic carbocycles. The fourth-order valence-electron chi connectivity index (χ4n) is 3.01. The lowest BCUT2D eigenvalue weighted by Crippen LogP contribution is -2.09. The molecule has 4 aromatic rings. The molecule has 0 atom stereocenters. The summed E-state index contributed by atoms with van der Waals surface area (Å²) in [6, 6.07) is 15.7. The summed E-state index contributed by atoms with van der Waals surface area (Å²) < 4.78 is 1.66. The van der Waals surface area contributed by atoms with Crippen molar-refractivity contribution >= 4 is 16.6 Å². The Bertz CT molecular complexity index is 1200. The number of non-ortho nitro benzene ring substituents is 1. The molecule has 27 heavy (non-hydrogen) atoms. The predicted molar refractivity (Wildman–Crippen MR) is 101 cm³/mol. The average Bonchev–Trinajstić information content (AvgIpc) is 2.69. The quantitative estimate of drug-likeness (QED) is 0.412. The summed E-state index contributed by atoms with van der Waals surface area (Å²) in [6.07, 6.45) is 4.60. The van der Waals surface area contributed by atoms with Crippen molar-refractivity contribution in [3.8, 4) is 11.1 Å². The highest BCUT2D eigenvalue weighted by atomic mass is 16.6. The van der Waals surface area contributed by atoms with Gasteiger partial charge in [-0.15, -0.1) is 0 Å². The maximum absolute atomic E-state index is 11.2. The monoisotopic (exact) mass is 358 g/mol. The largest absolute Gasteiger partial charge is 0.288 e. The Morgan fingerprint density at radius 1 is 1.07 bits per heavy atom. The molecule has 0 amide bonds. The van der Waals surface area contributed by atoms with Crippen LogP contribution < -0.4 is 5.43 Å². The minimum Gasteiger partial charge on any atom is -0.288 e.